The predicted molar refractivity (Wildman–Crippen MR) is 83.3 cm³/mol. The summed E-state index contributed by atoms with van der Waals surface area (Å²) in [6.45, 7) is 2.09. The van der Waals surface area contributed by atoms with Gasteiger partial charge in [0, 0.05) is 50.0 Å². The Morgan fingerprint density at radius 2 is 2.29 bits per heavy atom. The summed E-state index contributed by atoms with van der Waals surface area (Å²) in [5.41, 5.74) is 1.64. The summed E-state index contributed by atoms with van der Waals surface area (Å²) < 4.78 is 21.5. The number of halogens is 2. The Balaban J connectivity index is 1.87. The number of aryl methyl sites for hydroxylation is 1. The quantitative estimate of drug-likeness (QED) is 0.789. The van der Waals surface area contributed by atoms with Gasteiger partial charge in [-0.15, -0.1) is 0 Å². The van der Waals surface area contributed by atoms with Gasteiger partial charge in [0.1, 0.15) is 5.82 Å². The first kappa shape index (κ1) is 14.8. The van der Waals surface area contributed by atoms with E-state index in [-0.39, 0.29) is 10.8 Å². The zero-order valence-electron chi connectivity index (χ0n) is 12.2. The molecule has 2 aromatic rings. The van der Waals surface area contributed by atoms with Crippen LogP contribution in [0.4, 0.5) is 4.39 Å². The Kier molecular flexibility index (Phi) is 4.48. The molecule has 5 heteroatoms. The highest BCUT2D eigenvalue weighted by Crippen LogP contribution is 2.31. The SMILES string of the molecule is COCCCn1ccc2c(Cl)c(F)c(CNC3CC3)cc21. The second kappa shape index (κ2) is 6.34. The summed E-state index contributed by atoms with van der Waals surface area (Å²) >= 11 is 6.20. The highest BCUT2D eigenvalue weighted by Gasteiger charge is 2.21. The molecule has 1 aromatic heterocycles. The number of rotatable bonds is 7. The van der Waals surface area contributed by atoms with Crippen molar-refractivity contribution in [1.29, 1.82) is 0 Å². The van der Waals surface area contributed by atoms with Gasteiger partial charge in [-0.2, -0.15) is 0 Å². The van der Waals surface area contributed by atoms with Crippen molar-refractivity contribution in [2.75, 3.05) is 13.7 Å². The summed E-state index contributed by atoms with van der Waals surface area (Å²) in [6.07, 6.45) is 5.25. The highest BCUT2D eigenvalue weighted by molar-refractivity contribution is 6.35. The molecule has 0 atom stereocenters. The van der Waals surface area contributed by atoms with Crippen LogP contribution in [0.25, 0.3) is 10.9 Å². The number of hydrogen-bond donors (Lipinski definition) is 1. The number of methoxy groups -OCH3 is 1. The maximum atomic E-state index is 14.3. The molecule has 1 saturated carbocycles. The molecular weight excluding hydrogens is 291 g/mol. The van der Waals surface area contributed by atoms with Crippen LogP contribution in [0.1, 0.15) is 24.8 Å². The van der Waals surface area contributed by atoms with E-state index < -0.39 is 0 Å². The Labute approximate surface area is 129 Å². The molecule has 0 saturated heterocycles. The number of hydrogen-bond acceptors (Lipinski definition) is 2. The Hall–Kier alpha value is -1.10. The second-order valence-electron chi connectivity index (χ2n) is 5.61. The molecule has 1 aromatic carbocycles. The van der Waals surface area contributed by atoms with Crippen molar-refractivity contribution in [2.24, 2.45) is 0 Å². The molecule has 114 valence electrons. The standard InChI is InChI=1S/C16H20ClFN2O/c1-21-8-2-6-20-7-5-13-14(20)9-11(16(18)15(13)17)10-19-12-3-4-12/h5,7,9,12,19H,2-4,6,8,10H2,1H3. The molecule has 0 spiro atoms. The molecular formula is C16H20ClFN2O. The lowest BCUT2D eigenvalue weighted by Gasteiger charge is -2.10. The molecule has 1 fully saturated rings. The van der Waals surface area contributed by atoms with E-state index in [1.54, 1.807) is 7.11 Å². The van der Waals surface area contributed by atoms with E-state index in [0.29, 0.717) is 24.8 Å². The topological polar surface area (TPSA) is 26.2 Å². The van der Waals surface area contributed by atoms with Crippen LogP contribution in [0.3, 0.4) is 0 Å². The molecule has 0 aliphatic heterocycles. The monoisotopic (exact) mass is 310 g/mol. The first-order chi connectivity index (χ1) is 10.2. The molecule has 1 heterocycles. The maximum Gasteiger partial charge on any atom is 0.147 e. The van der Waals surface area contributed by atoms with Gasteiger partial charge >= 0.3 is 0 Å². The first-order valence-electron chi connectivity index (χ1n) is 7.38. The van der Waals surface area contributed by atoms with Crippen molar-refractivity contribution in [2.45, 2.75) is 38.4 Å². The highest BCUT2D eigenvalue weighted by atomic mass is 35.5. The molecule has 3 nitrogen and oxygen atoms in total. The lowest BCUT2D eigenvalue weighted by Crippen LogP contribution is -2.16. The van der Waals surface area contributed by atoms with Crippen molar-refractivity contribution < 1.29 is 9.13 Å². The van der Waals surface area contributed by atoms with Gasteiger partial charge in [0.05, 0.1) is 10.5 Å². The van der Waals surface area contributed by atoms with Crippen LogP contribution in [-0.2, 0) is 17.8 Å². The van der Waals surface area contributed by atoms with Crippen molar-refractivity contribution >= 4 is 22.5 Å². The van der Waals surface area contributed by atoms with Gasteiger partial charge in [-0.1, -0.05) is 11.6 Å². The summed E-state index contributed by atoms with van der Waals surface area (Å²) in [7, 11) is 1.70. The summed E-state index contributed by atoms with van der Waals surface area (Å²) in [6, 6.07) is 4.34. The minimum absolute atomic E-state index is 0.227. The minimum Gasteiger partial charge on any atom is -0.385 e. The Morgan fingerprint density at radius 1 is 1.48 bits per heavy atom. The van der Waals surface area contributed by atoms with E-state index in [4.69, 9.17) is 16.3 Å². The third-order valence-corrected chi connectivity index (χ3v) is 4.30. The van der Waals surface area contributed by atoms with E-state index in [9.17, 15) is 4.39 Å². The summed E-state index contributed by atoms with van der Waals surface area (Å²) in [4.78, 5) is 0. The molecule has 0 radical (unpaired) electrons. The average molecular weight is 311 g/mol. The Bertz CT molecular complexity index is 637. The molecule has 0 unspecified atom stereocenters. The second-order valence-corrected chi connectivity index (χ2v) is 5.99. The van der Waals surface area contributed by atoms with Crippen molar-refractivity contribution in [3.05, 3.63) is 34.7 Å². The van der Waals surface area contributed by atoms with Crippen molar-refractivity contribution in [1.82, 2.24) is 9.88 Å². The number of ether oxygens (including phenoxy) is 1. The third kappa shape index (κ3) is 3.23. The molecule has 1 N–H and O–H groups in total. The van der Waals surface area contributed by atoms with E-state index in [1.165, 1.54) is 12.8 Å². The van der Waals surface area contributed by atoms with Crippen LogP contribution in [0.5, 0.6) is 0 Å². The number of nitrogens with zero attached hydrogens (tertiary/aromatic N) is 1. The molecule has 0 bridgehead atoms. The van der Waals surface area contributed by atoms with Gasteiger partial charge in [0.15, 0.2) is 0 Å². The van der Waals surface area contributed by atoms with Gasteiger partial charge in [-0.05, 0) is 31.4 Å². The number of aromatic nitrogens is 1. The zero-order valence-corrected chi connectivity index (χ0v) is 12.9. The normalized spacial score (nSPS) is 15.0. The minimum atomic E-state index is -0.299. The number of nitrogens with one attached hydrogen (secondary N) is 1. The van der Waals surface area contributed by atoms with Crippen molar-refractivity contribution in [3.8, 4) is 0 Å². The smallest absolute Gasteiger partial charge is 0.147 e. The molecule has 1 aliphatic rings. The van der Waals surface area contributed by atoms with Crippen LogP contribution >= 0.6 is 11.6 Å². The van der Waals surface area contributed by atoms with Crippen LogP contribution in [-0.4, -0.2) is 24.3 Å². The molecule has 0 amide bonds. The fraction of sp³-hybridized carbons (Fsp3) is 0.500. The van der Waals surface area contributed by atoms with Gasteiger partial charge in [0.25, 0.3) is 0 Å². The van der Waals surface area contributed by atoms with Crippen molar-refractivity contribution in [3.63, 3.8) is 0 Å². The first-order valence-corrected chi connectivity index (χ1v) is 7.76. The van der Waals surface area contributed by atoms with Gasteiger partial charge in [-0.25, -0.2) is 4.39 Å². The van der Waals surface area contributed by atoms with Gasteiger partial charge in [0.2, 0.25) is 0 Å². The summed E-state index contributed by atoms with van der Waals surface area (Å²) in [5, 5.41) is 4.35. The van der Waals surface area contributed by atoms with Crippen LogP contribution in [0.2, 0.25) is 5.02 Å². The van der Waals surface area contributed by atoms with Crippen LogP contribution in [0, 0.1) is 5.82 Å². The van der Waals surface area contributed by atoms with E-state index >= 15 is 0 Å². The lowest BCUT2D eigenvalue weighted by molar-refractivity contribution is 0.190. The van der Waals surface area contributed by atoms with E-state index in [0.717, 1.165) is 23.9 Å². The fourth-order valence-electron chi connectivity index (χ4n) is 2.56. The average Bonchev–Trinajstić information content (AvgIpc) is 3.22. The fourth-order valence-corrected chi connectivity index (χ4v) is 2.84. The lowest BCUT2D eigenvalue weighted by atomic mass is 10.1. The van der Waals surface area contributed by atoms with Gasteiger partial charge < -0.3 is 14.6 Å². The van der Waals surface area contributed by atoms with E-state index in [1.807, 2.05) is 18.3 Å². The predicted octanol–water partition coefficient (Wildman–Crippen LogP) is 3.72. The molecule has 1 aliphatic carbocycles. The number of benzene rings is 1. The molecule has 3 rings (SSSR count). The maximum absolute atomic E-state index is 14.3. The zero-order chi connectivity index (χ0) is 14.8. The summed E-state index contributed by atoms with van der Waals surface area (Å²) in [5.74, 6) is -0.299. The number of fused-ring (bicyclic) bond motifs is 1. The van der Waals surface area contributed by atoms with Crippen LogP contribution in [0.15, 0.2) is 18.3 Å². The Morgan fingerprint density at radius 3 is 3.00 bits per heavy atom. The largest absolute Gasteiger partial charge is 0.385 e. The van der Waals surface area contributed by atoms with E-state index in [2.05, 4.69) is 9.88 Å². The van der Waals surface area contributed by atoms with Gasteiger partial charge in [-0.3, -0.25) is 0 Å². The molecule has 21 heavy (non-hydrogen) atoms. The third-order valence-electron chi connectivity index (χ3n) is 3.93. The van der Waals surface area contributed by atoms with Crippen LogP contribution < -0.4 is 5.32 Å².